The summed E-state index contributed by atoms with van der Waals surface area (Å²) in [6, 6.07) is 10.7. The maximum absolute atomic E-state index is 11.9. The van der Waals surface area contributed by atoms with Gasteiger partial charge in [-0.25, -0.2) is 9.78 Å². The highest BCUT2D eigenvalue weighted by atomic mass is 79.9. The van der Waals surface area contributed by atoms with Gasteiger partial charge in [0, 0.05) is 10.7 Å². The van der Waals surface area contributed by atoms with Crippen molar-refractivity contribution >= 4 is 27.7 Å². The molecule has 2 aromatic rings. The van der Waals surface area contributed by atoms with Crippen molar-refractivity contribution in [1.29, 1.82) is 0 Å². The first kappa shape index (κ1) is 14.5. The Kier molecular flexibility index (Phi) is 4.74. The number of methoxy groups -OCH3 is 1. The largest absolute Gasteiger partial charge is 0.467 e. The summed E-state index contributed by atoms with van der Waals surface area (Å²) in [6.07, 6.45) is 1.71. The number of hydrogen-bond acceptors (Lipinski definition) is 4. The third-order valence-corrected chi connectivity index (χ3v) is 3.74. The Balaban J connectivity index is 2.28. The second-order valence-electron chi connectivity index (χ2n) is 4.33. The van der Waals surface area contributed by atoms with E-state index in [1.807, 2.05) is 43.3 Å². The molecule has 2 rings (SSSR count). The van der Waals surface area contributed by atoms with E-state index in [2.05, 4.69) is 26.2 Å². The van der Waals surface area contributed by atoms with Gasteiger partial charge in [0.15, 0.2) is 6.04 Å². The van der Waals surface area contributed by atoms with Crippen molar-refractivity contribution in [3.8, 4) is 0 Å². The predicted octanol–water partition coefficient (Wildman–Crippen LogP) is 3.48. The van der Waals surface area contributed by atoms with Crippen molar-refractivity contribution in [2.24, 2.45) is 0 Å². The number of aryl methyl sites for hydroxylation is 1. The fraction of sp³-hybridized carbons (Fsp3) is 0.200. The van der Waals surface area contributed by atoms with Crippen LogP contribution in [-0.2, 0) is 9.53 Å². The van der Waals surface area contributed by atoms with Gasteiger partial charge in [0.25, 0.3) is 0 Å². The molecule has 20 heavy (non-hydrogen) atoms. The van der Waals surface area contributed by atoms with E-state index in [-0.39, 0.29) is 5.97 Å². The van der Waals surface area contributed by atoms with Crippen molar-refractivity contribution in [1.82, 2.24) is 4.98 Å². The first-order valence-electron chi connectivity index (χ1n) is 6.13. The maximum Gasteiger partial charge on any atom is 0.333 e. The molecule has 0 spiro atoms. The summed E-state index contributed by atoms with van der Waals surface area (Å²) in [5.41, 5.74) is 1.88. The molecular weight excluding hydrogens is 320 g/mol. The highest BCUT2D eigenvalue weighted by molar-refractivity contribution is 9.10. The molecule has 0 amide bonds. The van der Waals surface area contributed by atoms with E-state index >= 15 is 0 Å². The molecule has 1 heterocycles. The summed E-state index contributed by atoms with van der Waals surface area (Å²) in [4.78, 5) is 16.2. The van der Waals surface area contributed by atoms with Gasteiger partial charge >= 0.3 is 5.97 Å². The normalized spacial score (nSPS) is 11.8. The molecule has 0 radical (unpaired) electrons. The van der Waals surface area contributed by atoms with E-state index in [1.54, 1.807) is 6.20 Å². The fourth-order valence-corrected chi connectivity index (χ4v) is 2.02. The molecular formula is C15H15BrN2O2. The molecule has 4 nitrogen and oxygen atoms in total. The lowest BCUT2D eigenvalue weighted by molar-refractivity contribution is -0.141. The number of benzene rings is 1. The van der Waals surface area contributed by atoms with Gasteiger partial charge in [0.05, 0.1) is 7.11 Å². The zero-order chi connectivity index (χ0) is 14.5. The average molecular weight is 335 g/mol. The molecule has 104 valence electrons. The smallest absolute Gasteiger partial charge is 0.333 e. The molecule has 0 fully saturated rings. The van der Waals surface area contributed by atoms with Crippen LogP contribution in [0.25, 0.3) is 0 Å². The highest BCUT2D eigenvalue weighted by Crippen LogP contribution is 2.22. The Labute approximate surface area is 126 Å². The predicted molar refractivity (Wildman–Crippen MR) is 81.5 cm³/mol. The summed E-state index contributed by atoms with van der Waals surface area (Å²) in [7, 11) is 1.38. The van der Waals surface area contributed by atoms with Gasteiger partial charge in [-0.1, -0.05) is 30.3 Å². The lowest BCUT2D eigenvalue weighted by atomic mass is 10.1. The number of aromatic nitrogens is 1. The summed E-state index contributed by atoms with van der Waals surface area (Å²) < 4.78 is 5.78. The van der Waals surface area contributed by atoms with Gasteiger partial charge in [-0.15, -0.1) is 0 Å². The second kappa shape index (κ2) is 6.52. The minimum atomic E-state index is -0.575. The van der Waals surface area contributed by atoms with Crippen LogP contribution in [0.2, 0.25) is 0 Å². The third-order valence-electron chi connectivity index (χ3n) is 2.91. The van der Waals surface area contributed by atoms with E-state index in [0.29, 0.717) is 5.82 Å². The lowest BCUT2D eigenvalue weighted by Gasteiger charge is -2.17. The van der Waals surface area contributed by atoms with Crippen LogP contribution in [-0.4, -0.2) is 18.1 Å². The molecule has 1 N–H and O–H groups in total. The first-order valence-corrected chi connectivity index (χ1v) is 6.92. The van der Waals surface area contributed by atoms with Crippen LogP contribution in [0, 0.1) is 6.92 Å². The SMILES string of the molecule is COC(=O)C(Nc1cc(C)c(Br)cn1)c1ccccc1. The molecule has 0 aliphatic rings. The Hall–Kier alpha value is -1.88. The van der Waals surface area contributed by atoms with Crippen molar-refractivity contribution in [2.75, 3.05) is 12.4 Å². The Morgan fingerprint density at radius 1 is 1.35 bits per heavy atom. The van der Waals surface area contributed by atoms with Gasteiger partial charge in [-0.05, 0) is 40.0 Å². The van der Waals surface area contributed by atoms with Crippen molar-refractivity contribution in [3.63, 3.8) is 0 Å². The molecule has 1 aromatic heterocycles. The van der Waals surface area contributed by atoms with Gasteiger partial charge in [0.1, 0.15) is 5.82 Å². The third kappa shape index (κ3) is 3.36. The molecule has 1 atom stereocenters. The minimum Gasteiger partial charge on any atom is -0.467 e. The maximum atomic E-state index is 11.9. The number of anilines is 1. The van der Waals surface area contributed by atoms with Crippen LogP contribution in [0.3, 0.4) is 0 Å². The minimum absolute atomic E-state index is 0.349. The zero-order valence-electron chi connectivity index (χ0n) is 11.3. The van der Waals surface area contributed by atoms with Crippen molar-refractivity contribution in [2.45, 2.75) is 13.0 Å². The van der Waals surface area contributed by atoms with E-state index < -0.39 is 6.04 Å². The van der Waals surface area contributed by atoms with E-state index in [1.165, 1.54) is 7.11 Å². The molecule has 0 aliphatic carbocycles. The number of rotatable bonds is 4. The summed E-state index contributed by atoms with van der Waals surface area (Å²) in [6.45, 7) is 1.96. The van der Waals surface area contributed by atoms with E-state index in [4.69, 9.17) is 4.74 Å². The number of pyridine rings is 1. The Morgan fingerprint density at radius 2 is 2.05 bits per heavy atom. The second-order valence-corrected chi connectivity index (χ2v) is 5.18. The Bertz CT molecular complexity index is 602. The average Bonchev–Trinajstić information content (AvgIpc) is 2.48. The number of carbonyl (C=O) groups is 1. The van der Waals surface area contributed by atoms with Crippen LogP contribution >= 0.6 is 15.9 Å². The van der Waals surface area contributed by atoms with Gasteiger partial charge in [-0.3, -0.25) is 0 Å². The molecule has 1 unspecified atom stereocenters. The fourth-order valence-electron chi connectivity index (χ4n) is 1.81. The van der Waals surface area contributed by atoms with E-state index in [9.17, 15) is 4.79 Å². The molecule has 5 heteroatoms. The Morgan fingerprint density at radius 3 is 2.65 bits per heavy atom. The van der Waals surface area contributed by atoms with Gasteiger partial charge in [0.2, 0.25) is 0 Å². The van der Waals surface area contributed by atoms with Crippen LogP contribution < -0.4 is 5.32 Å². The van der Waals surface area contributed by atoms with Crippen molar-refractivity contribution in [3.05, 3.63) is 58.2 Å². The monoisotopic (exact) mass is 334 g/mol. The molecule has 0 saturated carbocycles. The standard InChI is InChI=1S/C15H15BrN2O2/c1-10-8-13(17-9-12(10)16)18-14(15(19)20-2)11-6-4-3-5-7-11/h3-9,14H,1-2H3,(H,17,18). The number of halogens is 1. The number of carbonyl (C=O) groups excluding carboxylic acids is 1. The number of nitrogens with zero attached hydrogens (tertiary/aromatic N) is 1. The van der Waals surface area contributed by atoms with Gasteiger partial charge < -0.3 is 10.1 Å². The van der Waals surface area contributed by atoms with Crippen LogP contribution in [0.4, 0.5) is 5.82 Å². The van der Waals surface area contributed by atoms with E-state index in [0.717, 1.165) is 15.6 Å². The van der Waals surface area contributed by atoms with Crippen LogP contribution in [0.1, 0.15) is 17.2 Å². The summed E-state index contributed by atoms with van der Waals surface area (Å²) in [5, 5.41) is 3.11. The molecule has 0 saturated heterocycles. The number of nitrogens with one attached hydrogen (secondary N) is 1. The summed E-state index contributed by atoms with van der Waals surface area (Å²) in [5.74, 6) is 0.281. The topological polar surface area (TPSA) is 51.2 Å². The van der Waals surface area contributed by atoms with Crippen molar-refractivity contribution < 1.29 is 9.53 Å². The molecule has 1 aromatic carbocycles. The zero-order valence-corrected chi connectivity index (χ0v) is 12.8. The lowest BCUT2D eigenvalue weighted by Crippen LogP contribution is -2.22. The highest BCUT2D eigenvalue weighted by Gasteiger charge is 2.21. The quantitative estimate of drug-likeness (QED) is 0.869. The van der Waals surface area contributed by atoms with Gasteiger partial charge in [-0.2, -0.15) is 0 Å². The first-order chi connectivity index (χ1) is 9.61. The molecule has 0 bridgehead atoms. The van der Waals surface area contributed by atoms with Crippen LogP contribution in [0.5, 0.6) is 0 Å². The summed E-state index contributed by atoms with van der Waals surface area (Å²) >= 11 is 3.40. The number of hydrogen-bond donors (Lipinski definition) is 1. The van der Waals surface area contributed by atoms with Crippen LogP contribution in [0.15, 0.2) is 47.1 Å². The number of ether oxygens (including phenoxy) is 1. The molecule has 0 aliphatic heterocycles. The number of esters is 1.